The van der Waals surface area contributed by atoms with Crippen molar-refractivity contribution in [3.8, 4) is 0 Å². The van der Waals surface area contributed by atoms with Crippen LogP contribution in [0.5, 0.6) is 0 Å². The van der Waals surface area contributed by atoms with Crippen molar-refractivity contribution in [1.29, 1.82) is 0 Å². The van der Waals surface area contributed by atoms with Crippen LogP contribution in [0.2, 0.25) is 0 Å². The number of anilines is 1. The molecule has 2 aromatic heterocycles. The summed E-state index contributed by atoms with van der Waals surface area (Å²) >= 11 is 1.08. The minimum absolute atomic E-state index is 0.176. The van der Waals surface area contributed by atoms with Crippen LogP contribution in [0.4, 0.5) is 5.69 Å². The normalized spacial score (nSPS) is 12.4. The molecule has 1 unspecified atom stereocenters. The van der Waals surface area contributed by atoms with E-state index in [2.05, 4.69) is 14.9 Å². The first-order valence-corrected chi connectivity index (χ1v) is 10.1. The smallest absolute Gasteiger partial charge is 0.280 e. The zero-order valence-electron chi connectivity index (χ0n) is 17.1. The summed E-state index contributed by atoms with van der Waals surface area (Å²) < 4.78 is 9.61. The number of rotatable bonds is 5. The molecule has 3 rings (SSSR count). The molecule has 1 atom stereocenters. The lowest BCUT2D eigenvalue weighted by Gasteiger charge is -2.32. The maximum atomic E-state index is 13.5. The van der Waals surface area contributed by atoms with Gasteiger partial charge in [-0.2, -0.15) is 0 Å². The van der Waals surface area contributed by atoms with Crippen molar-refractivity contribution in [2.24, 2.45) is 0 Å². The number of hydrogen-bond acceptors (Lipinski definition) is 6. The van der Waals surface area contributed by atoms with Crippen molar-refractivity contribution in [3.05, 3.63) is 64.6 Å². The number of nitrogens with zero attached hydrogens (tertiary/aromatic N) is 3. The number of carbonyl (C=O) groups excluding carboxylic acids is 2. The Hall–Kier alpha value is -3.00. The number of hydrogen-bond donors (Lipinski definition) is 1. The van der Waals surface area contributed by atoms with Crippen LogP contribution in [0.15, 0.2) is 46.2 Å². The summed E-state index contributed by atoms with van der Waals surface area (Å²) in [4.78, 5) is 28.3. The SMILES string of the molecule is Cc1ccc(C(C(=O)NC(C)(C)C)N(C(=O)c2csnn2)c2ccccc2C)o1. The third kappa shape index (κ3) is 4.71. The molecule has 0 bridgehead atoms. The van der Waals surface area contributed by atoms with E-state index in [9.17, 15) is 9.59 Å². The quantitative estimate of drug-likeness (QED) is 0.683. The zero-order chi connectivity index (χ0) is 21.2. The average Bonchev–Trinajstić information content (AvgIpc) is 3.30. The van der Waals surface area contributed by atoms with E-state index in [1.807, 2.05) is 45.9 Å². The molecule has 3 aromatic rings. The van der Waals surface area contributed by atoms with Crippen LogP contribution in [0.3, 0.4) is 0 Å². The molecule has 0 aliphatic carbocycles. The van der Waals surface area contributed by atoms with Gasteiger partial charge in [-0.15, -0.1) is 5.10 Å². The highest BCUT2D eigenvalue weighted by atomic mass is 32.1. The number of aryl methyl sites for hydroxylation is 2. The number of amides is 2. The summed E-state index contributed by atoms with van der Waals surface area (Å²) in [5.74, 6) is 0.271. The second-order valence-corrected chi connectivity index (χ2v) is 8.45. The molecule has 7 nitrogen and oxygen atoms in total. The fraction of sp³-hybridized carbons (Fsp3) is 0.333. The van der Waals surface area contributed by atoms with E-state index in [4.69, 9.17) is 4.42 Å². The molecule has 0 spiro atoms. The van der Waals surface area contributed by atoms with E-state index in [1.54, 1.807) is 30.5 Å². The Labute approximate surface area is 173 Å². The number of furan rings is 1. The topological polar surface area (TPSA) is 88.3 Å². The predicted molar refractivity (Wildman–Crippen MR) is 112 cm³/mol. The van der Waals surface area contributed by atoms with Gasteiger partial charge in [-0.25, -0.2) is 0 Å². The first-order chi connectivity index (χ1) is 13.7. The molecule has 0 saturated heterocycles. The Kier molecular flexibility index (Phi) is 5.83. The van der Waals surface area contributed by atoms with E-state index in [0.29, 0.717) is 17.2 Å². The minimum Gasteiger partial charge on any atom is -0.464 e. The molecule has 8 heteroatoms. The Morgan fingerprint density at radius 2 is 1.86 bits per heavy atom. The number of carbonyl (C=O) groups is 2. The fourth-order valence-corrected chi connectivity index (χ4v) is 3.42. The van der Waals surface area contributed by atoms with Crippen LogP contribution >= 0.6 is 11.5 Å². The number of para-hydroxylation sites is 1. The van der Waals surface area contributed by atoms with E-state index >= 15 is 0 Å². The van der Waals surface area contributed by atoms with Crippen molar-refractivity contribution < 1.29 is 14.0 Å². The standard InChI is InChI=1S/C21H24N4O3S/c1-13-8-6-7-9-16(13)25(20(27)15-12-29-24-23-15)18(17-11-10-14(2)28-17)19(26)22-21(3,4)5/h6-12,18H,1-5H3,(H,22,26). The molecular weight excluding hydrogens is 388 g/mol. The molecule has 2 amide bonds. The third-order valence-electron chi connectivity index (χ3n) is 4.21. The predicted octanol–water partition coefficient (Wildman–Crippen LogP) is 4.05. The second-order valence-electron chi connectivity index (χ2n) is 7.84. The molecule has 0 aliphatic heterocycles. The molecule has 0 saturated carbocycles. The Morgan fingerprint density at radius 1 is 1.14 bits per heavy atom. The van der Waals surface area contributed by atoms with Crippen molar-refractivity contribution in [2.75, 3.05) is 4.90 Å². The number of aromatic nitrogens is 2. The highest BCUT2D eigenvalue weighted by Gasteiger charge is 2.38. The second kappa shape index (κ2) is 8.16. The average molecular weight is 413 g/mol. The molecule has 0 radical (unpaired) electrons. The molecular formula is C21H24N4O3S. The maximum absolute atomic E-state index is 13.5. The highest BCUT2D eigenvalue weighted by molar-refractivity contribution is 7.03. The summed E-state index contributed by atoms with van der Waals surface area (Å²) in [5.41, 5.74) is 1.14. The van der Waals surface area contributed by atoms with Gasteiger partial charge in [-0.1, -0.05) is 22.7 Å². The van der Waals surface area contributed by atoms with Gasteiger partial charge in [-0.3, -0.25) is 14.5 Å². The summed E-state index contributed by atoms with van der Waals surface area (Å²) in [6.07, 6.45) is 0. The summed E-state index contributed by atoms with van der Waals surface area (Å²) in [5, 5.41) is 8.46. The van der Waals surface area contributed by atoms with Gasteiger partial charge in [0.25, 0.3) is 11.8 Å². The molecule has 1 aromatic carbocycles. The van der Waals surface area contributed by atoms with Crippen LogP contribution in [-0.4, -0.2) is 26.9 Å². The number of nitrogens with one attached hydrogen (secondary N) is 1. The van der Waals surface area contributed by atoms with Crippen molar-refractivity contribution in [2.45, 2.75) is 46.2 Å². The highest BCUT2D eigenvalue weighted by Crippen LogP contribution is 2.33. The van der Waals surface area contributed by atoms with Gasteiger partial charge in [-0.05, 0) is 69.9 Å². The fourth-order valence-electron chi connectivity index (χ4n) is 2.99. The van der Waals surface area contributed by atoms with E-state index < -0.39 is 17.5 Å². The number of benzene rings is 1. The molecule has 152 valence electrons. The van der Waals surface area contributed by atoms with E-state index in [0.717, 1.165) is 17.1 Å². The van der Waals surface area contributed by atoms with Gasteiger partial charge in [0.1, 0.15) is 11.5 Å². The minimum atomic E-state index is -1.00. The van der Waals surface area contributed by atoms with Gasteiger partial charge < -0.3 is 9.73 Å². The molecule has 0 aliphatic rings. The lowest BCUT2D eigenvalue weighted by Crippen LogP contribution is -2.49. The van der Waals surface area contributed by atoms with Crippen LogP contribution < -0.4 is 10.2 Å². The first-order valence-electron chi connectivity index (χ1n) is 9.22. The van der Waals surface area contributed by atoms with Gasteiger partial charge in [0.2, 0.25) is 0 Å². The van der Waals surface area contributed by atoms with Crippen LogP contribution in [-0.2, 0) is 4.79 Å². The molecule has 0 fully saturated rings. The lowest BCUT2D eigenvalue weighted by atomic mass is 10.0. The summed E-state index contributed by atoms with van der Waals surface area (Å²) in [6.45, 7) is 9.35. The Bertz CT molecular complexity index is 1010. The maximum Gasteiger partial charge on any atom is 0.280 e. The lowest BCUT2D eigenvalue weighted by molar-refractivity contribution is -0.124. The van der Waals surface area contributed by atoms with E-state index in [1.165, 1.54) is 4.90 Å². The van der Waals surface area contributed by atoms with Crippen LogP contribution in [0.25, 0.3) is 0 Å². The third-order valence-corrected chi connectivity index (χ3v) is 4.71. The zero-order valence-corrected chi connectivity index (χ0v) is 17.9. The molecule has 2 heterocycles. The Balaban J connectivity index is 2.18. The van der Waals surface area contributed by atoms with Crippen molar-refractivity contribution >= 4 is 29.0 Å². The first kappa shape index (κ1) is 20.7. The van der Waals surface area contributed by atoms with E-state index in [-0.39, 0.29) is 11.6 Å². The van der Waals surface area contributed by atoms with Gasteiger partial charge in [0.15, 0.2) is 11.7 Å². The van der Waals surface area contributed by atoms with Crippen LogP contribution in [0, 0.1) is 13.8 Å². The monoisotopic (exact) mass is 412 g/mol. The largest absolute Gasteiger partial charge is 0.464 e. The van der Waals surface area contributed by atoms with Crippen LogP contribution in [0.1, 0.15) is 54.4 Å². The molecule has 1 N–H and O–H groups in total. The summed E-state index contributed by atoms with van der Waals surface area (Å²) in [6, 6.07) is 9.90. The van der Waals surface area contributed by atoms with Crippen molar-refractivity contribution in [1.82, 2.24) is 14.9 Å². The Morgan fingerprint density at radius 3 is 2.41 bits per heavy atom. The molecule has 29 heavy (non-hydrogen) atoms. The van der Waals surface area contributed by atoms with Gasteiger partial charge >= 0.3 is 0 Å². The van der Waals surface area contributed by atoms with Crippen molar-refractivity contribution in [3.63, 3.8) is 0 Å². The summed E-state index contributed by atoms with van der Waals surface area (Å²) in [7, 11) is 0. The van der Waals surface area contributed by atoms with Gasteiger partial charge in [0, 0.05) is 16.6 Å². The van der Waals surface area contributed by atoms with Gasteiger partial charge in [0.05, 0.1) is 0 Å².